The highest BCUT2D eigenvalue weighted by Crippen LogP contribution is 2.28. The summed E-state index contributed by atoms with van der Waals surface area (Å²) in [6.45, 7) is 5.62. The van der Waals surface area contributed by atoms with Crippen LogP contribution in [0, 0.1) is 10.1 Å². The fourth-order valence-corrected chi connectivity index (χ4v) is 1.66. The quantitative estimate of drug-likeness (QED) is 0.448. The summed E-state index contributed by atoms with van der Waals surface area (Å²) >= 11 is 0. The van der Waals surface area contributed by atoms with Gasteiger partial charge >= 0.3 is 5.69 Å². The first kappa shape index (κ1) is 18.0. The van der Waals surface area contributed by atoms with E-state index in [-0.39, 0.29) is 22.9 Å². The van der Waals surface area contributed by atoms with Gasteiger partial charge in [-0.3, -0.25) is 36.2 Å². The number of hydrogen-bond acceptors (Lipinski definition) is 9. The summed E-state index contributed by atoms with van der Waals surface area (Å²) in [4.78, 5) is 34.2. The van der Waals surface area contributed by atoms with Crippen molar-refractivity contribution in [3.63, 3.8) is 0 Å². The van der Waals surface area contributed by atoms with Crippen LogP contribution in [0.25, 0.3) is 0 Å². The Labute approximate surface area is 143 Å². The zero-order valence-electron chi connectivity index (χ0n) is 13.9. The van der Waals surface area contributed by atoms with Crippen LogP contribution in [0.1, 0.15) is 31.3 Å². The predicted octanol–water partition coefficient (Wildman–Crippen LogP) is 1.25. The largest absolute Gasteiger partial charge is 0.356 e. The molecule has 2 rings (SSSR count). The summed E-state index contributed by atoms with van der Waals surface area (Å²) in [6.07, 6.45) is 2.59. The molecule has 1 amide bonds. The number of rotatable bonds is 6. The number of nitrogens with one attached hydrogen (secondary N) is 4. The van der Waals surface area contributed by atoms with Crippen LogP contribution in [0.5, 0.6) is 0 Å². The first-order chi connectivity index (χ1) is 11.8. The maximum Gasteiger partial charge on any atom is 0.356 e. The number of amides is 1. The Morgan fingerprint density at radius 3 is 2.36 bits per heavy atom. The first-order valence-corrected chi connectivity index (χ1v) is 7.28. The van der Waals surface area contributed by atoms with Gasteiger partial charge in [-0.15, -0.1) is 0 Å². The van der Waals surface area contributed by atoms with E-state index in [9.17, 15) is 14.9 Å². The standard InChI is InChI=1S/C14H18N8O3/c1-14(2,3)21-19-12-10(22(24)25)11(16-8-17-12)18-20-13(23)9-6-4-5-7-15-9/h4-8,21H,1-3H3,(H,20,23)(H2,16,17,18,19). The monoisotopic (exact) mass is 346 g/mol. The van der Waals surface area contributed by atoms with Crippen molar-refractivity contribution in [3.05, 3.63) is 46.5 Å². The molecule has 2 heterocycles. The number of anilines is 2. The number of hydrogen-bond donors (Lipinski definition) is 4. The van der Waals surface area contributed by atoms with Crippen molar-refractivity contribution in [2.75, 3.05) is 10.9 Å². The van der Waals surface area contributed by atoms with Crippen LogP contribution in [0.2, 0.25) is 0 Å². The second kappa shape index (κ2) is 7.49. The Hall–Kier alpha value is -3.34. The lowest BCUT2D eigenvalue weighted by atomic mass is 10.1. The second-order valence-corrected chi connectivity index (χ2v) is 5.97. The molecule has 0 radical (unpaired) electrons. The normalized spacial score (nSPS) is 10.8. The Bertz CT molecular complexity index is 760. The van der Waals surface area contributed by atoms with E-state index in [0.29, 0.717) is 0 Å². The highest BCUT2D eigenvalue weighted by Gasteiger charge is 2.24. The number of nitrogens with zero attached hydrogens (tertiary/aromatic N) is 4. The maximum absolute atomic E-state index is 12.0. The zero-order chi connectivity index (χ0) is 18.4. The van der Waals surface area contributed by atoms with Gasteiger partial charge in [-0.05, 0) is 32.9 Å². The van der Waals surface area contributed by atoms with Crippen LogP contribution in [0.15, 0.2) is 30.7 Å². The highest BCUT2D eigenvalue weighted by atomic mass is 16.6. The van der Waals surface area contributed by atoms with Gasteiger partial charge in [-0.1, -0.05) is 6.07 Å². The van der Waals surface area contributed by atoms with Gasteiger partial charge in [0.2, 0.25) is 11.6 Å². The summed E-state index contributed by atoms with van der Waals surface area (Å²) in [6, 6.07) is 4.82. The lowest BCUT2D eigenvalue weighted by Gasteiger charge is -2.21. The van der Waals surface area contributed by atoms with Gasteiger partial charge in [0.25, 0.3) is 5.91 Å². The van der Waals surface area contributed by atoms with Crippen molar-refractivity contribution in [2.24, 2.45) is 0 Å². The lowest BCUT2D eigenvalue weighted by molar-refractivity contribution is -0.383. The fraction of sp³-hybridized carbons (Fsp3) is 0.286. The molecular weight excluding hydrogens is 328 g/mol. The molecule has 0 atom stereocenters. The van der Waals surface area contributed by atoms with Crippen molar-refractivity contribution < 1.29 is 9.72 Å². The minimum absolute atomic E-state index is 0.0375. The van der Waals surface area contributed by atoms with Crippen molar-refractivity contribution in [2.45, 2.75) is 26.3 Å². The summed E-state index contributed by atoms with van der Waals surface area (Å²) in [5.41, 5.74) is 9.70. The molecule has 4 N–H and O–H groups in total. The van der Waals surface area contributed by atoms with E-state index >= 15 is 0 Å². The van der Waals surface area contributed by atoms with Gasteiger partial charge in [-0.2, -0.15) is 0 Å². The van der Waals surface area contributed by atoms with Crippen molar-refractivity contribution in [3.8, 4) is 0 Å². The predicted molar refractivity (Wildman–Crippen MR) is 90.5 cm³/mol. The Kier molecular flexibility index (Phi) is 5.39. The lowest BCUT2D eigenvalue weighted by Crippen LogP contribution is -2.40. The molecule has 0 fully saturated rings. The second-order valence-electron chi connectivity index (χ2n) is 5.97. The molecule has 2 aromatic heterocycles. The third kappa shape index (κ3) is 5.07. The van der Waals surface area contributed by atoms with Crippen molar-refractivity contribution >= 4 is 23.2 Å². The van der Waals surface area contributed by atoms with E-state index in [1.54, 1.807) is 12.1 Å². The van der Waals surface area contributed by atoms with E-state index in [4.69, 9.17) is 0 Å². The number of hydrazine groups is 2. The summed E-state index contributed by atoms with van der Waals surface area (Å²) in [7, 11) is 0. The van der Waals surface area contributed by atoms with Crippen LogP contribution < -0.4 is 21.7 Å². The van der Waals surface area contributed by atoms with E-state index in [1.807, 2.05) is 20.8 Å². The van der Waals surface area contributed by atoms with Gasteiger partial charge in [0.1, 0.15) is 12.0 Å². The molecule has 0 bridgehead atoms. The average Bonchev–Trinajstić information content (AvgIpc) is 2.57. The van der Waals surface area contributed by atoms with Gasteiger partial charge in [0, 0.05) is 11.7 Å². The summed E-state index contributed by atoms with van der Waals surface area (Å²) in [5, 5.41) is 11.4. The molecular formula is C14H18N8O3. The van der Waals surface area contributed by atoms with Gasteiger partial charge < -0.3 is 0 Å². The molecule has 11 nitrogen and oxygen atoms in total. The van der Waals surface area contributed by atoms with Crippen molar-refractivity contribution in [1.82, 2.24) is 25.8 Å². The third-order valence-corrected chi connectivity index (χ3v) is 2.75. The smallest absolute Gasteiger partial charge is 0.299 e. The van der Waals surface area contributed by atoms with Crippen LogP contribution >= 0.6 is 0 Å². The number of pyridine rings is 1. The number of nitro groups is 1. The molecule has 2 aromatic rings. The fourth-order valence-electron chi connectivity index (χ4n) is 1.66. The van der Waals surface area contributed by atoms with E-state index in [2.05, 4.69) is 36.7 Å². The molecule has 0 aliphatic carbocycles. The molecule has 0 saturated carbocycles. The van der Waals surface area contributed by atoms with E-state index < -0.39 is 16.5 Å². The summed E-state index contributed by atoms with van der Waals surface area (Å²) < 4.78 is 0. The average molecular weight is 346 g/mol. The molecule has 132 valence electrons. The van der Waals surface area contributed by atoms with Gasteiger partial charge in [0.15, 0.2) is 0 Å². The molecule has 0 saturated heterocycles. The minimum atomic E-state index is -0.651. The first-order valence-electron chi connectivity index (χ1n) is 7.28. The molecule has 0 spiro atoms. The number of carbonyl (C=O) groups is 1. The van der Waals surface area contributed by atoms with Crippen LogP contribution in [-0.4, -0.2) is 31.3 Å². The summed E-state index contributed by atoms with van der Waals surface area (Å²) in [5.74, 6) is -0.761. The topological polar surface area (TPSA) is 147 Å². The molecule has 0 aliphatic heterocycles. The van der Waals surface area contributed by atoms with Gasteiger partial charge in [0.05, 0.1) is 4.92 Å². The van der Waals surface area contributed by atoms with Crippen molar-refractivity contribution in [1.29, 1.82) is 0 Å². The van der Waals surface area contributed by atoms with Crippen LogP contribution in [-0.2, 0) is 0 Å². The highest BCUT2D eigenvalue weighted by molar-refractivity contribution is 5.93. The number of carbonyl (C=O) groups excluding carboxylic acids is 1. The minimum Gasteiger partial charge on any atom is -0.299 e. The third-order valence-electron chi connectivity index (χ3n) is 2.75. The molecule has 0 aliphatic rings. The number of aromatic nitrogens is 3. The zero-order valence-corrected chi connectivity index (χ0v) is 13.9. The Morgan fingerprint density at radius 2 is 1.80 bits per heavy atom. The molecule has 0 unspecified atom stereocenters. The SMILES string of the molecule is CC(C)(C)NNc1ncnc(NNC(=O)c2ccccn2)c1[N+](=O)[O-]. The molecule has 0 aromatic carbocycles. The van der Waals surface area contributed by atoms with Crippen LogP contribution in [0.4, 0.5) is 17.3 Å². The Morgan fingerprint density at radius 1 is 1.12 bits per heavy atom. The van der Waals surface area contributed by atoms with Gasteiger partial charge in [-0.25, -0.2) is 15.4 Å². The Balaban J connectivity index is 2.17. The maximum atomic E-state index is 12.0. The van der Waals surface area contributed by atoms with E-state index in [1.165, 1.54) is 12.3 Å². The van der Waals surface area contributed by atoms with E-state index in [0.717, 1.165) is 6.33 Å². The molecule has 25 heavy (non-hydrogen) atoms. The molecule has 11 heteroatoms. The van der Waals surface area contributed by atoms with Crippen LogP contribution in [0.3, 0.4) is 0 Å².